The molecule has 10 heteroatoms. The highest BCUT2D eigenvalue weighted by atomic mass is 16.6. The minimum Gasteiger partial charge on any atom is -0.461 e. The number of benzene rings is 3. The Balaban J connectivity index is 1.62. The molecule has 4 N–H and O–H groups in total. The number of rotatable bonds is 16. The molecule has 0 bridgehead atoms. The number of aromatic amines is 1. The molecular weight excluding hydrogens is 596 g/mol. The lowest BCUT2D eigenvalue weighted by molar-refractivity contribution is -0.159. The first-order valence-electron chi connectivity index (χ1n) is 16.0. The van der Waals surface area contributed by atoms with Gasteiger partial charge in [-0.1, -0.05) is 86.6 Å². The summed E-state index contributed by atoms with van der Waals surface area (Å²) < 4.78 is 5.20. The van der Waals surface area contributed by atoms with Crippen LogP contribution in [0.2, 0.25) is 0 Å². The number of nitrogens with zero attached hydrogens (tertiary/aromatic N) is 1. The van der Waals surface area contributed by atoms with Crippen LogP contribution < -0.4 is 10.6 Å². The summed E-state index contributed by atoms with van der Waals surface area (Å²) in [4.78, 5) is 61.0. The normalized spacial score (nSPS) is 13.9. The van der Waals surface area contributed by atoms with Crippen molar-refractivity contribution in [1.29, 1.82) is 0 Å². The van der Waals surface area contributed by atoms with Crippen LogP contribution in [-0.2, 0) is 32.0 Å². The maximum absolute atomic E-state index is 14.1. The third-order valence-electron chi connectivity index (χ3n) is 7.88. The number of hydrogen-bond donors (Lipinski definition) is 4. The number of amides is 2. The van der Waals surface area contributed by atoms with Gasteiger partial charge in [0, 0.05) is 36.2 Å². The van der Waals surface area contributed by atoms with E-state index >= 15 is 0 Å². The molecule has 47 heavy (non-hydrogen) atoms. The van der Waals surface area contributed by atoms with E-state index in [1.807, 2.05) is 62.4 Å². The average Bonchev–Trinajstić information content (AvgIpc) is 3.56. The maximum atomic E-state index is 14.1. The third kappa shape index (κ3) is 10.1. The van der Waals surface area contributed by atoms with Crippen LogP contribution in [0.15, 0.2) is 85.3 Å². The van der Waals surface area contributed by atoms with E-state index in [2.05, 4.69) is 20.6 Å². The molecule has 1 heterocycles. The smallest absolute Gasteiger partial charge is 0.337 e. The number of aliphatic hydroxyl groups is 1. The molecule has 0 spiro atoms. The average molecular weight is 641 g/mol. The molecular formula is C37H44N4O6. The maximum Gasteiger partial charge on any atom is 0.337 e. The van der Waals surface area contributed by atoms with Gasteiger partial charge in [0.1, 0.15) is 6.04 Å². The van der Waals surface area contributed by atoms with Gasteiger partial charge >= 0.3 is 5.97 Å². The number of nitrogens with one attached hydrogen (secondary N) is 3. The zero-order valence-corrected chi connectivity index (χ0v) is 27.3. The molecule has 2 amide bonds. The van der Waals surface area contributed by atoms with Crippen LogP contribution in [0.1, 0.15) is 62.2 Å². The monoisotopic (exact) mass is 640 g/mol. The summed E-state index contributed by atoms with van der Waals surface area (Å²) in [7, 11) is 0. The standard InChI is InChI=1S/C37H44N4O6/c1-23(2)17-31(34(43)37(46)47-24(3)4)40-36(45)32(20-29-21-38-22-39-29)41-35(44)28(19-33(42)26-12-6-5-7-13-26)18-27-15-10-14-25-11-8-9-16-30(25)27/h5-16,21-24,28,31-32,34,43H,17-20H2,1-4H3,(H,38,39)(H,40,45)(H,41,44)/t28?,31?,32?,34-/m1/s1. The highest BCUT2D eigenvalue weighted by molar-refractivity contribution is 5.99. The van der Waals surface area contributed by atoms with E-state index in [1.54, 1.807) is 44.3 Å². The fraction of sp³-hybridized carbons (Fsp3) is 0.378. The Morgan fingerprint density at radius 1 is 0.851 bits per heavy atom. The molecule has 0 saturated heterocycles. The van der Waals surface area contributed by atoms with Crippen LogP contribution in [0, 0.1) is 11.8 Å². The van der Waals surface area contributed by atoms with E-state index < -0.39 is 48.0 Å². The van der Waals surface area contributed by atoms with Crippen LogP contribution in [-0.4, -0.2) is 62.9 Å². The molecule has 0 saturated carbocycles. The second kappa shape index (κ2) is 16.6. The van der Waals surface area contributed by atoms with Gasteiger partial charge in [-0.2, -0.15) is 0 Å². The zero-order valence-electron chi connectivity index (χ0n) is 27.3. The largest absolute Gasteiger partial charge is 0.461 e. The van der Waals surface area contributed by atoms with E-state index in [1.165, 1.54) is 6.33 Å². The predicted molar refractivity (Wildman–Crippen MR) is 179 cm³/mol. The van der Waals surface area contributed by atoms with Gasteiger partial charge < -0.3 is 25.5 Å². The molecule has 4 aromatic rings. The molecule has 10 nitrogen and oxygen atoms in total. The SMILES string of the molecule is CC(C)CC(NC(=O)C(Cc1cnc[nH]1)NC(=O)C(CC(=O)c1ccccc1)Cc1cccc2ccccc12)[C@@H](O)C(=O)OC(C)C. The second-order valence-corrected chi connectivity index (χ2v) is 12.5. The third-order valence-corrected chi connectivity index (χ3v) is 7.88. The second-order valence-electron chi connectivity index (χ2n) is 12.5. The van der Waals surface area contributed by atoms with Crippen molar-refractivity contribution >= 4 is 34.3 Å². The highest BCUT2D eigenvalue weighted by Crippen LogP contribution is 2.24. The number of aromatic nitrogens is 2. The van der Waals surface area contributed by atoms with Crippen molar-refractivity contribution in [1.82, 2.24) is 20.6 Å². The number of Topliss-reactive ketones (excluding diaryl/α,β-unsaturated/α-hetero) is 1. The van der Waals surface area contributed by atoms with E-state index in [-0.39, 0.29) is 31.0 Å². The lowest BCUT2D eigenvalue weighted by Gasteiger charge is -2.28. The molecule has 4 rings (SSSR count). The van der Waals surface area contributed by atoms with Crippen LogP contribution in [0.3, 0.4) is 0 Å². The topological polar surface area (TPSA) is 150 Å². The Bertz CT molecular complexity index is 1630. The molecule has 4 atom stereocenters. The van der Waals surface area contributed by atoms with E-state index in [0.29, 0.717) is 17.7 Å². The number of carbonyl (C=O) groups is 4. The molecule has 3 aromatic carbocycles. The fourth-order valence-electron chi connectivity index (χ4n) is 5.60. The Hall–Kier alpha value is -4.83. The molecule has 1 aromatic heterocycles. The lowest BCUT2D eigenvalue weighted by Crippen LogP contribution is -2.56. The molecule has 0 aliphatic heterocycles. The minimum absolute atomic E-state index is 0.0246. The van der Waals surface area contributed by atoms with Gasteiger partial charge in [0.25, 0.3) is 0 Å². The van der Waals surface area contributed by atoms with Gasteiger partial charge in [0.2, 0.25) is 11.8 Å². The number of esters is 1. The zero-order chi connectivity index (χ0) is 33.9. The number of fused-ring (bicyclic) bond motifs is 1. The van der Waals surface area contributed by atoms with Crippen molar-refractivity contribution < 1.29 is 29.0 Å². The highest BCUT2D eigenvalue weighted by Gasteiger charge is 2.34. The number of imidazole rings is 1. The van der Waals surface area contributed by atoms with Crippen molar-refractivity contribution in [2.24, 2.45) is 11.8 Å². The summed E-state index contributed by atoms with van der Waals surface area (Å²) in [5.41, 5.74) is 1.99. The van der Waals surface area contributed by atoms with E-state index in [0.717, 1.165) is 16.3 Å². The van der Waals surface area contributed by atoms with Crippen molar-refractivity contribution in [3.8, 4) is 0 Å². The Kier molecular flexibility index (Phi) is 12.4. The molecule has 0 aliphatic rings. The number of hydrogen-bond acceptors (Lipinski definition) is 7. The lowest BCUT2D eigenvalue weighted by atomic mass is 9.89. The molecule has 3 unspecified atom stereocenters. The predicted octanol–water partition coefficient (Wildman–Crippen LogP) is 4.57. The summed E-state index contributed by atoms with van der Waals surface area (Å²) >= 11 is 0. The summed E-state index contributed by atoms with van der Waals surface area (Å²) in [6, 6.07) is 20.5. The quantitative estimate of drug-likeness (QED) is 0.104. The molecule has 0 aliphatic carbocycles. The summed E-state index contributed by atoms with van der Waals surface area (Å²) in [6.07, 6.45) is 1.52. The number of aliphatic hydroxyl groups excluding tert-OH is 1. The summed E-state index contributed by atoms with van der Waals surface area (Å²) in [5.74, 6) is -2.87. The molecule has 0 fully saturated rings. The first kappa shape index (κ1) is 35.0. The Morgan fingerprint density at radius 2 is 1.55 bits per heavy atom. The van der Waals surface area contributed by atoms with Crippen molar-refractivity contribution in [3.05, 3.63) is 102 Å². The summed E-state index contributed by atoms with van der Waals surface area (Å²) in [5, 5.41) is 18.5. The van der Waals surface area contributed by atoms with Gasteiger partial charge in [-0.25, -0.2) is 9.78 Å². The van der Waals surface area contributed by atoms with Crippen molar-refractivity contribution in [3.63, 3.8) is 0 Å². The number of carbonyl (C=O) groups excluding carboxylic acids is 4. The Labute approximate surface area is 275 Å². The van der Waals surface area contributed by atoms with Crippen LogP contribution in [0.25, 0.3) is 10.8 Å². The van der Waals surface area contributed by atoms with Crippen LogP contribution >= 0.6 is 0 Å². The van der Waals surface area contributed by atoms with Crippen LogP contribution in [0.5, 0.6) is 0 Å². The van der Waals surface area contributed by atoms with Crippen LogP contribution in [0.4, 0.5) is 0 Å². The molecule has 248 valence electrons. The fourth-order valence-corrected chi connectivity index (χ4v) is 5.60. The van der Waals surface area contributed by atoms with E-state index in [9.17, 15) is 24.3 Å². The van der Waals surface area contributed by atoms with Crippen molar-refractivity contribution in [2.75, 3.05) is 0 Å². The first-order valence-corrected chi connectivity index (χ1v) is 16.0. The van der Waals surface area contributed by atoms with Gasteiger partial charge in [-0.15, -0.1) is 0 Å². The summed E-state index contributed by atoms with van der Waals surface area (Å²) in [6.45, 7) is 7.16. The number of ketones is 1. The minimum atomic E-state index is -1.60. The van der Waals surface area contributed by atoms with Gasteiger partial charge in [0.05, 0.1) is 18.5 Å². The van der Waals surface area contributed by atoms with Gasteiger partial charge in [0.15, 0.2) is 11.9 Å². The molecule has 0 radical (unpaired) electrons. The van der Waals surface area contributed by atoms with Gasteiger partial charge in [-0.3, -0.25) is 14.4 Å². The Morgan fingerprint density at radius 3 is 2.23 bits per heavy atom. The first-order chi connectivity index (χ1) is 22.5. The number of H-pyrrole nitrogens is 1. The van der Waals surface area contributed by atoms with E-state index in [4.69, 9.17) is 4.74 Å². The number of ether oxygens (including phenoxy) is 1. The van der Waals surface area contributed by atoms with Gasteiger partial charge in [-0.05, 0) is 48.9 Å². The van der Waals surface area contributed by atoms with Crippen molar-refractivity contribution in [2.45, 2.75) is 77.7 Å².